The van der Waals surface area contributed by atoms with Crippen molar-refractivity contribution >= 4 is 11.9 Å². The van der Waals surface area contributed by atoms with Gasteiger partial charge in [0.2, 0.25) is 0 Å². The number of nitrogens with one attached hydrogen (secondary N) is 1. The Balaban J connectivity index is 2.15. The van der Waals surface area contributed by atoms with Gasteiger partial charge in [0.15, 0.2) is 5.76 Å². The molecule has 6 nitrogen and oxygen atoms in total. The minimum Gasteiger partial charge on any atom is -0.478 e. The second-order valence-electron chi connectivity index (χ2n) is 6.03. The van der Waals surface area contributed by atoms with Crippen molar-refractivity contribution < 1.29 is 23.8 Å². The summed E-state index contributed by atoms with van der Waals surface area (Å²) >= 11 is 0. The van der Waals surface area contributed by atoms with E-state index in [1.54, 1.807) is 14.0 Å². The fourth-order valence-electron chi connectivity index (χ4n) is 3.69. The Labute approximate surface area is 136 Å². The molecule has 1 amide bonds. The van der Waals surface area contributed by atoms with Gasteiger partial charge in [0.25, 0.3) is 5.91 Å². The highest BCUT2D eigenvalue weighted by Gasteiger charge is 2.53. The van der Waals surface area contributed by atoms with Crippen LogP contribution in [0.1, 0.15) is 66.7 Å². The Morgan fingerprint density at radius 3 is 2.48 bits per heavy atom. The standard InChI is InChI=1S/C17H25NO5/c1-5-11-10(16(20)21)8-12(23-11)15(19)18-13-9-14(22-4)17(13,6-2)7-3/h8,13-14H,5-7,9H2,1-4H3,(H,18,19)(H,20,21). The lowest BCUT2D eigenvalue weighted by atomic mass is 9.58. The minimum atomic E-state index is -1.08. The van der Waals surface area contributed by atoms with E-state index >= 15 is 0 Å². The number of aryl methyl sites for hydroxylation is 1. The number of carboxylic acids is 1. The highest BCUT2D eigenvalue weighted by molar-refractivity contribution is 5.96. The second kappa shape index (κ2) is 6.74. The number of amides is 1. The zero-order valence-electron chi connectivity index (χ0n) is 14.1. The molecule has 0 aliphatic heterocycles. The monoisotopic (exact) mass is 323 g/mol. The van der Waals surface area contributed by atoms with Gasteiger partial charge in [-0.1, -0.05) is 20.8 Å². The van der Waals surface area contributed by atoms with E-state index in [-0.39, 0.29) is 34.8 Å². The van der Waals surface area contributed by atoms with E-state index in [4.69, 9.17) is 14.3 Å². The zero-order chi connectivity index (χ0) is 17.2. The summed E-state index contributed by atoms with van der Waals surface area (Å²) in [6.07, 6.45) is 3.15. The third-order valence-corrected chi connectivity index (χ3v) is 5.28. The summed E-state index contributed by atoms with van der Waals surface area (Å²) in [6, 6.07) is 1.32. The molecule has 2 N–H and O–H groups in total. The summed E-state index contributed by atoms with van der Waals surface area (Å²) < 4.78 is 10.9. The van der Waals surface area contributed by atoms with Crippen molar-refractivity contribution in [2.45, 2.75) is 58.6 Å². The lowest BCUT2D eigenvalue weighted by molar-refractivity contribution is -0.120. The number of carbonyl (C=O) groups excluding carboxylic acids is 1. The molecule has 6 heteroatoms. The summed E-state index contributed by atoms with van der Waals surface area (Å²) in [6.45, 7) is 5.98. The van der Waals surface area contributed by atoms with Gasteiger partial charge in [0.05, 0.1) is 6.10 Å². The van der Waals surface area contributed by atoms with Crippen LogP contribution in [-0.4, -0.2) is 36.2 Å². The third-order valence-electron chi connectivity index (χ3n) is 5.28. The molecule has 23 heavy (non-hydrogen) atoms. The molecular weight excluding hydrogens is 298 g/mol. The topological polar surface area (TPSA) is 88.8 Å². The number of furan rings is 1. The van der Waals surface area contributed by atoms with E-state index in [1.807, 2.05) is 0 Å². The van der Waals surface area contributed by atoms with Gasteiger partial charge in [-0.25, -0.2) is 4.79 Å². The molecule has 0 aromatic carbocycles. The molecule has 0 spiro atoms. The molecular formula is C17H25NO5. The molecule has 0 bridgehead atoms. The Bertz CT molecular complexity index is 588. The van der Waals surface area contributed by atoms with Crippen LogP contribution in [0.5, 0.6) is 0 Å². The van der Waals surface area contributed by atoms with Gasteiger partial charge in [-0.05, 0) is 19.3 Å². The van der Waals surface area contributed by atoms with Gasteiger partial charge in [0, 0.05) is 31.1 Å². The highest BCUT2D eigenvalue weighted by atomic mass is 16.5. The molecule has 0 radical (unpaired) electrons. The van der Waals surface area contributed by atoms with Gasteiger partial charge in [-0.3, -0.25) is 4.79 Å². The fraction of sp³-hybridized carbons (Fsp3) is 0.647. The molecule has 1 fully saturated rings. The minimum absolute atomic E-state index is 0.0124. The van der Waals surface area contributed by atoms with Gasteiger partial charge < -0.3 is 19.6 Å². The maximum absolute atomic E-state index is 12.4. The van der Waals surface area contributed by atoms with Crippen molar-refractivity contribution in [2.75, 3.05) is 7.11 Å². The van der Waals surface area contributed by atoms with Gasteiger partial charge in [-0.15, -0.1) is 0 Å². The molecule has 1 aromatic heterocycles. The van der Waals surface area contributed by atoms with Gasteiger partial charge >= 0.3 is 5.97 Å². The van der Waals surface area contributed by atoms with Crippen LogP contribution in [0.25, 0.3) is 0 Å². The first kappa shape index (κ1) is 17.5. The number of carbonyl (C=O) groups is 2. The summed E-state index contributed by atoms with van der Waals surface area (Å²) in [4.78, 5) is 23.6. The Kier molecular flexibility index (Phi) is 5.14. The maximum Gasteiger partial charge on any atom is 0.339 e. The SMILES string of the molecule is CCc1oc(C(=O)NC2CC(OC)C2(CC)CC)cc1C(=O)O. The first-order valence-electron chi connectivity index (χ1n) is 8.13. The van der Waals surface area contributed by atoms with Crippen molar-refractivity contribution in [3.63, 3.8) is 0 Å². The molecule has 1 aliphatic carbocycles. The van der Waals surface area contributed by atoms with Crippen LogP contribution < -0.4 is 5.32 Å². The highest BCUT2D eigenvalue weighted by Crippen LogP contribution is 2.48. The van der Waals surface area contributed by atoms with Crippen molar-refractivity contribution in [1.82, 2.24) is 5.32 Å². The fourth-order valence-corrected chi connectivity index (χ4v) is 3.69. The number of rotatable bonds is 7. The van der Waals surface area contributed by atoms with E-state index < -0.39 is 5.97 Å². The number of ether oxygens (including phenoxy) is 1. The van der Waals surface area contributed by atoms with E-state index in [9.17, 15) is 9.59 Å². The zero-order valence-corrected chi connectivity index (χ0v) is 14.1. The van der Waals surface area contributed by atoms with Crippen molar-refractivity contribution in [1.29, 1.82) is 0 Å². The molecule has 1 heterocycles. The Morgan fingerprint density at radius 2 is 2.04 bits per heavy atom. The van der Waals surface area contributed by atoms with Crippen molar-refractivity contribution in [2.24, 2.45) is 5.41 Å². The van der Waals surface area contributed by atoms with Crippen LogP contribution in [0.2, 0.25) is 0 Å². The summed E-state index contributed by atoms with van der Waals surface area (Å²) in [5.74, 6) is -1.06. The lowest BCUT2D eigenvalue weighted by Gasteiger charge is -2.54. The average molecular weight is 323 g/mol. The summed E-state index contributed by atoms with van der Waals surface area (Å²) in [7, 11) is 1.70. The molecule has 1 aliphatic rings. The Morgan fingerprint density at radius 1 is 1.39 bits per heavy atom. The van der Waals surface area contributed by atoms with Crippen LogP contribution in [0.3, 0.4) is 0 Å². The number of aromatic carboxylic acids is 1. The van der Waals surface area contributed by atoms with Crippen LogP contribution in [0.4, 0.5) is 0 Å². The van der Waals surface area contributed by atoms with E-state index in [0.717, 1.165) is 19.3 Å². The number of methoxy groups -OCH3 is 1. The number of hydrogen-bond donors (Lipinski definition) is 2. The smallest absolute Gasteiger partial charge is 0.339 e. The van der Waals surface area contributed by atoms with Crippen LogP contribution >= 0.6 is 0 Å². The van der Waals surface area contributed by atoms with E-state index in [2.05, 4.69) is 19.2 Å². The van der Waals surface area contributed by atoms with Crippen LogP contribution in [0.15, 0.2) is 10.5 Å². The first-order valence-corrected chi connectivity index (χ1v) is 8.13. The molecule has 0 saturated heterocycles. The average Bonchev–Trinajstić information content (AvgIpc) is 2.97. The summed E-state index contributed by atoms with van der Waals surface area (Å²) in [5, 5.41) is 12.1. The van der Waals surface area contributed by atoms with Gasteiger partial charge in [-0.2, -0.15) is 0 Å². The predicted molar refractivity (Wildman–Crippen MR) is 84.7 cm³/mol. The van der Waals surface area contributed by atoms with E-state index in [1.165, 1.54) is 6.07 Å². The largest absolute Gasteiger partial charge is 0.478 e. The van der Waals surface area contributed by atoms with Crippen LogP contribution in [-0.2, 0) is 11.2 Å². The first-order chi connectivity index (χ1) is 10.9. The second-order valence-corrected chi connectivity index (χ2v) is 6.03. The number of hydrogen-bond acceptors (Lipinski definition) is 4. The van der Waals surface area contributed by atoms with Crippen LogP contribution in [0, 0.1) is 5.41 Å². The third kappa shape index (κ3) is 2.87. The van der Waals surface area contributed by atoms with E-state index in [0.29, 0.717) is 12.2 Å². The van der Waals surface area contributed by atoms with Crippen molar-refractivity contribution in [3.05, 3.63) is 23.2 Å². The number of carboxylic acid groups (broad SMARTS) is 1. The molecule has 2 unspecified atom stereocenters. The maximum atomic E-state index is 12.4. The van der Waals surface area contributed by atoms with Crippen molar-refractivity contribution in [3.8, 4) is 0 Å². The predicted octanol–water partition coefficient (Wildman–Crippen LogP) is 2.86. The molecule has 2 atom stereocenters. The molecule has 1 saturated carbocycles. The molecule has 128 valence electrons. The Hall–Kier alpha value is -1.82. The molecule has 1 aromatic rings. The quantitative estimate of drug-likeness (QED) is 0.805. The summed E-state index contributed by atoms with van der Waals surface area (Å²) in [5.41, 5.74) is -0.0153. The normalized spacial score (nSPS) is 22.4. The molecule has 2 rings (SSSR count). The lowest BCUT2D eigenvalue weighted by Crippen LogP contribution is -2.64. The van der Waals surface area contributed by atoms with Gasteiger partial charge in [0.1, 0.15) is 11.3 Å².